The van der Waals surface area contributed by atoms with Crippen LogP contribution in [0.25, 0.3) is 0 Å². The van der Waals surface area contributed by atoms with Crippen LogP contribution < -0.4 is 5.32 Å². The SMILES string of the molecule is CCOCC[C@H](NC(=O)OCc1ccccc1)C(=O)O. The fraction of sp³-hybridized carbons (Fsp3) is 0.429. The number of carboxylic acids is 1. The van der Waals surface area contributed by atoms with Crippen LogP contribution in [0.3, 0.4) is 0 Å². The zero-order valence-corrected chi connectivity index (χ0v) is 11.4. The average Bonchev–Trinajstić information content (AvgIpc) is 2.45. The second kappa shape index (κ2) is 8.92. The van der Waals surface area contributed by atoms with Crippen LogP contribution in [0.4, 0.5) is 4.79 Å². The molecule has 1 aromatic rings. The van der Waals surface area contributed by atoms with Gasteiger partial charge < -0.3 is 19.9 Å². The molecule has 1 amide bonds. The minimum absolute atomic E-state index is 0.102. The molecule has 6 heteroatoms. The van der Waals surface area contributed by atoms with Crippen molar-refractivity contribution >= 4 is 12.1 Å². The molecule has 1 atom stereocenters. The Labute approximate surface area is 117 Å². The van der Waals surface area contributed by atoms with Gasteiger partial charge in [0.05, 0.1) is 0 Å². The topological polar surface area (TPSA) is 84.9 Å². The van der Waals surface area contributed by atoms with Crippen LogP contribution in [0.2, 0.25) is 0 Å². The Morgan fingerprint density at radius 2 is 2.00 bits per heavy atom. The highest BCUT2D eigenvalue weighted by Gasteiger charge is 2.20. The third-order valence-corrected chi connectivity index (χ3v) is 2.56. The first-order chi connectivity index (χ1) is 9.63. The van der Waals surface area contributed by atoms with Crippen molar-refractivity contribution in [2.24, 2.45) is 0 Å². The third kappa shape index (κ3) is 6.19. The maximum Gasteiger partial charge on any atom is 0.408 e. The number of nitrogens with one attached hydrogen (secondary N) is 1. The summed E-state index contributed by atoms with van der Waals surface area (Å²) >= 11 is 0. The summed E-state index contributed by atoms with van der Waals surface area (Å²) in [6, 6.07) is 8.15. The molecule has 0 spiro atoms. The van der Waals surface area contributed by atoms with Crippen molar-refractivity contribution in [2.75, 3.05) is 13.2 Å². The molecule has 0 saturated heterocycles. The number of aliphatic carboxylic acids is 1. The summed E-state index contributed by atoms with van der Waals surface area (Å²) in [6.45, 7) is 2.69. The van der Waals surface area contributed by atoms with Gasteiger partial charge in [-0.3, -0.25) is 0 Å². The monoisotopic (exact) mass is 281 g/mol. The highest BCUT2D eigenvalue weighted by atomic mass is 16.5. The zero-order valence-electron chi connectivity index (χ0n) is 11.4. The predicted molar refractivity (Wildman–Crippen MR) is 72.3 cm³/mol. The van der Waals surface area contributed by atoms with E-state index in [4.69, 9.17) is 14.6 Å². The fourth-order valence-electron chi connectivity index (χ4n) is 1.51. The molecular weight excluding hydrogens is 262 g/mol. The van der Waals surface area contributed by atoms with Crippen LogP contribution in [-0.4, -0.2) is 36.4 Å². The maximum absolute atomic E-state index is 11.5. The van der Waals surface area contributed by atoms with Crippen molar-refractivity contribution in [2.45, 2.75) is 26.0 Å². The molecule has 0 saturated carbocycles. The van der Waals surface area contributed by atoms with Gasteiger partial charge in [0.1, 0.15) is 12.6 Å². The van der Waals surface area contributed by atoms with Crippen molar-refractivity contribution in [3.8, 4) is 0 Å². The summed E-state index contributed by atoms with van der Waals surface area (Å²) in [5, 5.41) is 11.3. The Balaban J connectivity index is 2.36. The van der Waals surface area contributed by atoms with Gasteiger partial charge in [-0.15, -0.1) is 0 Å². The summed E-state index contributed by atoms with van der Waals surface area (Å²) in [5.41, 5.74) is 0.837. The first-order valence-corrected chi connectivity index (χ1v) is 6.41. The van der Waals surface area contributed by atoms with Gasteiger partial charge in [0.25, 0.3) is 0 Å². The van der Waals surface area contributed by atoms with E-state index in [1.54, 1.807) is 0 Å². The molecule has 0 aromatic heterocycles. The molecule has 0 aliphatic rings. The van der Waals surface area contributed by atoms with E-state index in [1.165, 1.54) is 0 Å². The zero-order chi connectivity index (χ0) is 14.8. The largest absolute Gasteiger partial charge is 0.480 e. The quantitative estimate of drug-likeness (QED) is 0.710. The number of benzene rings is 1. The lowest BCUT2D eigenvalue weighted by molar-refractivity contribution is -0.139. The molecule has 20 heavy (non-hydrogen) atoms. The number of carboxylic acid groups (broad SMARTS) is 1. The van der Waals surface area contributed by atoms with Gasteiger partial charge in [0.15, 0.2) is 0 Å². The summed E-state index contributed by atoms with van der Waals surface area (Å²) in [6.07, 6.45) is -0.554. The van der Waals surface area contributed by atoms with E-state index in [0.717, 1.165) is 5.56 Å². The minimum atomic E-state index is -1.11. The number of alkyl carbamates (subject to hydrolysis) is 1. The number of hydrogen-bond acceptors (Lipinski definition) is 4. The predicted octanol–water partition coefficient (Wildman–Crippen LogP) is 1.79. The Morgan fingerprint density at radius 1 is 1.30 bits per heavy atom. The average molecular weight is 281 g/mol. The Hall–Kier alpha value is -2.08. The molecule has 1 rings (SSSR count). The first kappa shape index (κ1) is 16.0. The number of hydrogen-bond donors (Lipinski definition) is 2. The van der Waals surface area contributed by atoms with Crippen LogP contribution in [0.5, 0.6) is 0 Å². The van der Waals surface area contributed by atoms with Gasteiger partial charge >= 0.3 is 12.1 Å². The molecule has 0 heterocycles. The molecular formula is C14H19NO5. The van der Waals surface area contributed by atoms with Gasteiger partial charge in [-0.2, -0.15) is 0 Å². The lowest BCUT2D eigenvalue weighted by Gasteiger charge is -2.14. The van der Waals surface area contributed by atoms with E-state index in [1.807, 2.05) is 37.3 Å². The molecule has 1 aromatic carbocycles. The van der Waals surface area contributed by atoms with Crippen LogP contribution in [0, 0.1) is 0 Å². The lowest BCUT2D eigenvalue weighted by atomic mass is 10.2. The van der Waals surface area contributed by atoms with Gasteiger partial charge in [0, 0.05) is 19.6 Å². The second-order valence-corrected chi connectivity index (χ2v) is 4.08. The van der Waals surface area contributed by atoms with E-state index >= 15 is 0 Å². The van der Waals surface area contributed by atoms with Crippen molar-refractivity contribution < 1.29 is 24.2 Å². The molecule has 0 aliphatic carbocycles. The summed E-state index contributed by atoms with van der Waals surface area (Å²) in [5.74, 6) is -1.11. The summed E-state index contributed by atoms with van der Waals surface area (Å²) < 4.78 is 10.0. The number of amides is 1. The standard InChI is InChI=1S/C14H19NO5/c1-2-19-9-8-12(13(16)17)15-14(18)20-10-11-6-4-3-5-7-11/h3-7,12H,2,8-10H2,1H3,(H,15,18)(H,16,17)/t12-/m0/s1. The van der Waals surface area contributed by atoms with Crippen molar-refractivity contribution in [1.29, 1.82) is 0 Å². The normalized spacial score (nSPS) is 11.7. The molecule has 0 aliphatic heterocycles. The molecule has 0 bridgehead atoms. The highest BCUT2D eigenvalue weighted by molar-refractivity contribution is 5.79. The lowest BCUT2D eigenvalue weighted by Crippen LogP contribution is -2.41. The van der Waals surface area contributed by atoms with Crippen LogP contribution in [0.1, 0.15) is 18.9 Å². The molecule has 6 nitrogen and oxygen atoms in total. The van der Waals surface area contributed by atoms with Crippen LogP contribution in [0.15, 0.2) is 30.3 Å². The van der Waals surface area contributed by atoms with Crippen LogP contribution in [-0.2, 0) is 20.9 Å². The Bertz CT molecular complexity index is 421. The van der Waals surface area contributed by atoms with Gasteiger partial charge in [-0.1, -0.05) is 30.3 Å². The van der Waals surface area contributed by atoms with Crippen molar-refractivity contribution in [3.05, 3.63) is 35.9 Å². The number of carbonyl (C=O) groups excluding carboxylic acids is 1. The van der Waals surface area contributed by atoms with Crippen molar-refractivity contribution in [3.63, 3.8) is 0 Å². The molecule has 0 fully saturated rings. The molecule has 110 valence electrons. The first-order valence-electron chi connectivity index (χ1n) is 6.41. The van der Waals surface area contributed by atoms with Gasteiger partial charge in [0.2, 0.25) is 0 Å². The number of ether oxygens (including phenoxy) is 2. The Morgan fingerprint density at radius 3 is 2.60 bits per heavy atom. The fourth-order valence-corrected chi connectivity index (χ4v) is 1.51. The van der Waals surface area contributed by atoms with E-state index in [9.17, 15) is 9.59 Å². The molecule has 2 N–H and O–H groups in total. The van der Waals surface area contributed by atoms with E-state index < -0.39 is 18.1 Å². The third-order valence-electron chi connectivity index (χ3n) is 2.56. The number of carbonyl (C=O) groups is 2. The van der Waals surface area contributed by atoms with Gasteiger partial charge in [-0.25, -0.2) is 9.59 Å². The summed E-state index contributed by atoms with van der Waals surface area (Å²) in [7, 11) is 0. The van der Waals surface area contributed by atoms with Crippen LogP contribution >= 0.6 is 0 Å². The number of rotatable bonds is 8. The van der Waals surface area contributed by atoms with Gasteiger partial charge in [-0.05, 0) is 12.5 Å². The minimum Gasteiger partial charge on any atom is -0.480 e. The smallest absolute Gasteiger partial charge is 0.408 e. The van der Waals surface area contributed by atoms with E-state index in [0.29, 0.717) is 6.61 Å². The van der Waals surface area contributed by atoms with E-state index in [2.05, 4.69) is 5.32 Å². The van der Waals surface area contributed by atoms with Crippen molar-refractivity contribution in [1.82, 2.24) is 5.32 Å². The Kier molecular flexibility index (Phi) is 7.13. The molecule has 0 radical (unpaired) electrons. The second-order valence-electron chi connectivity index (χ2n) is 4.08. The van der Waals surface area contributed by atoms with E-state index in [-0.39, 0.29) is 19.6 Å². The summed E-state index contributed by atoms with van der Waals surface area (Å²) in [4.78, 5) is 22.5. The highest BCUT2D eigenvalue weighted by Crippen LogP contribution is 2.01. The maximum atomic E-state index is 11.5. The molecule has 0 unspecified atom stereocenters.